The Morgan fingerprint density at radius 1 is 1.17 bits per heavy atom. The number of hydrogen-bond acceptors (Lipinski definition) is 2. The number of carbonyl (C=O) groups excluding carboxylic acids is 1. The Bertz CT molecular complexity index is 735. The van der Waals surface area contributed by atoms with Crippen molar-refractivity contribution in [3.63, 3.8) is 0 Å². The predicted molar refractivity (Wildman–Crippen MR) is 89.7 cm³/mol. The smallest absolute Gasteiger partial charge is 0.272 e. The highest BCUT2D eigenvalue weighted by molar-refractivity contribution is 5.94. The molecule has 0 radical (unpaired) electrons. The molecule has 1 aromatic carbocycles. The van der Waals surface area contributed by atoms with Crippen LogP contribution in [0.25, 0.3) is 5.69 Å². The van der Waals surface area contributed by atoms with E-state index in [1.165, 1.54) is 19.3 Å². The first-order valence-corrected chi connectivity index (χ1v) is 8.55. The molecule has 1 heterocycles. The zero-order chi connectivity index (χ0) is 16.0. The number of para-hydroxylation sites is 1. The van der Waals surface area contributed by atoms with Gasteiger partial charge in [-0.1, -0.05) is 24.6 Å². The summed E-state index contributed by atoms with van der Waals surface area (Å²) in [6.45, 7) is 3.93. The molecule has 2 saturated carbocycles. The van der Waals surface area contributed by atoms with Gasteiger partial charge in [0.05, 0.1) is 5.69 Å². The number of nitrogens with one attached hydrogen (secondary N) is 1. The van der Waals surface area contributed by atoms with Crippen molar-refractivity contribution in [1.29, 1.82) is 0 Å². The summed E-state index contributed by atoms with van der Waals surface area (Å²) >= 11 is 0. The van der Waals surface area contributed by atoms with E-state index in [9.17, 15) is 4.79 Å². The van der Waals surface area contributed by atoms with Gasteiger partial charge >= 0.3 is 0 Å². The average molecular weight is 309 g/mol. The Kier molecular flexibility index (Phi) is 3.47. The van der Waals surface area contributed by atoms with Gasteiger partial charge in [-0.2, -0.15) is 0 Å². The van der Waals surface area contributed by atoms with Gasteiger partial charge < -0.3 is 9.88 Å². The van der Waals surface area contributed by atoms with E-state index < -0.39 is 0 Å². The van der Waals surface area contributed by atoms with Crippen LogP contribution in [0, 0.1) is 25.7 Å². The van der Waals surface area contributed by atoms with Gasteiger partial charge in [0.1, 0.15) is 11.5 Å². The van der Waals surface area contributed by atoms with Gasteiger partial charge in [-0.05, 0) is 57.1 Å². The molecule has 23 heavy (non-hydrogen) atoms. The Balaban J connectivity index is 1.59. The molecule has 1 unspecified atom stereocenters. The van der Waals surface area contributed by atoms with E-state index in [1.54, 1.807) is 0 Å². The lowest BCUT2D eigenvalue weighted by Crippen LogP contribution is -2.38. The van der Waals surface area contributed by atoms with Crippen molar-refractivity contribution in [2.75, 3.05) is 0 Å². The monoisotopic (exact) mass is 309 g/mol. The first kappa shape index (κ1) is 14.5. The molecule has 0 spiro atoms. The number of amides is 1. The number of imidazole rings is 1. The van der Waals surface area contributed by atoms with Crippen molar-refractivity contribution in [1.82, 2.24) is 14.9 Å². The summed E-state index contributed by atoms with van der Waals surface area (Å²) in [4.78, 5) is 17.2. The van der Waals surface area contributed by atoms with E-state index in [4.69, 9.17) is 0 Å². The molecule has 1 aromatic heterocycles. The average Bonchev–Trinajstić information content (AvgIpc) is 3.23. The number of hydrogen-bond donors (Lipinski definition) is 1. The van der Waals surface area contributed by atoms with Crippen LogP contribution < -0.4 is 5.32 Å². The lowest BCUT2D eigenvalue weighted by Gasteiger charge is -2.22. The molecule has 2 fully saturated rings. The summed E-state index contributed by atoms with van der Waals surface area (Å²) in [5, 5.41) is 3.24. The minimum Gasteiger partial charge on any atom is -0.348 e. The third kappa shape index (κ3) is 2.46. The highest BCUT2D eigenvalue weighted by Crippen LogP contribution is 2.44. The maximum Gasteiger partial charge on any atom is 0.272 e. The van der Waals surface area contributed by atoms with E-state index in [0.717, 1.165) is 29.5 Å². The number of nitrogens with zero attached hydrogens (tertiary/aromatic N) is 2. The first-order chi connectivity index (χ1) is 11.1. The van der Waals surface area contributed by atoms with Crippen LogP contribution >= 0.6 is 0 Å². The Morgan fingerprint density at radius 2 is 1.96 bits per heavy atom. The van der Waals surface area contributed by atoms with Gasteiger partial charge in [0, 0.05) is 11.7 Å². The summed E-state index contributed by atoms with van der Waals surface area (Å²) in [6.07, 6.45) is 5.05. The van der Waals surface area contributed by atoms with Crippen LogP contribution in [-0.2, 0) is 0 Å². The van der Waals surface area contributed by atoms with Gasteiger partial charge in [0.25, 0.3) is 5.91 Å². The quantitative estimate of drug-likeness (QED) is 0.944. The number of carbonyl (C=O) groups is 1. The van der Waals surface area contributed by atoms with Crippen molar-refractivity contribution in [2.45, 2.75) is 45.6 Å². The molecule has 3 atom stereocenters. The van der Waals surface area contributed by atoms with Gasteiger partial charge in [0.2, 0.25) is 0 Å². The SMILES string of the molecule is Cc1nc(C(=O)N[C@@H]2CC3CC[C@H]2C3)c(C)n1-c1ccccc1. The van der Waals surface area contributed by atoms with E-state index in [-0.39, 0.29) is 5.91 Å². The van der Waals surface area contributed by atoms with Crippen LogP contribution in [0.2, 0.25) is 0 Å². The largest absolute Gasteiger partial charge is 0.348 e. The lowest BCUT2D eigenvalue weighted by atomic mass is 9.95. The van der Waals surface area contributed by atoms with Crippen LogP contribution in [-0.4, -0.2) is 21.5 Å². The van der Waals surface area contributed by atoms with Crippen LogP contribution in [0.15, 0.2) is 30.3 Å². The van der Waals surface area contributed by atoms with E-state index in [1.807, 2.05) is 44.2 Å². The van der Waals surface area contributed by atoms with Crippen LogP contribution in [0.4, 0.5) is 0 Å². The van der Waals surface area contributed by atoms with Crippen molar-refractivity contribution in [2.24, 2.45) is 11.8 Å². The van der Waals surface area contributed by atoms with Crippen LogP contribution in [0.1, 0.15) is 47.7 Å². The van der Waals surface area contributed by atoms with Crippen LogP contribution in [0.5, 0.6) is 0 Å². The molecule has 1 N–H and O–H groups in total. The molecule has 4 nitrogen and oxygen atoms in total. The fourth-order valence-electron chi connectivity index (χ4n) is 4.47. The number of aromatic nitrogens is 2. The molecule has 1 amide bonds. The highest BCUT2D eigenvalue weighted by Gasteiger charge is 2.40. The lowest BCUT2D eigenvalue weighted by molar-refractivity contribution is 0.0917. The highest BCUT2D eigenvalue weighted by atomic mass is 16.2. The minimum atomic E-state index is -0.0159. The third-order valence-electron chi connectivity index (χ3n) is 5.56. The molecule has 4 rings (SSSR count). The zero-order valence-electron chi connectivity index (χ0n) is 13.7. The minimum absolute atomic E-state index is 0.0159. The molecule has 2 aliphatic rings. The Hall–Kier alpha value is -2.10. The summed E-state index contributed by atoms with van der Waals surface area (Å²) in [5.74, 6) is 2.35. The normalized spacial score (nSPS) is 25.7. The molecule has 0 aliphatic heterocycles. The molecular formula is C19H23N3O. The Labute approximate surface area is 136 Å². The number of aryl methyl sites for hydroxylation is 1. The van der Waals surface area contributed by atoms with Crippen molar-refractivity contribution in [3.8, 4) is 5.69 Å². The molecular weight excluding hydrogens is 286 g/mol. The topological polar surface area (TPSA) is 46.9 Å². The third-order valence-corrected chi connectivity index (χ3v) is 5.56. The second kappa shape index (κ2) is 5.52. The standard InChI is InChI=1S/C19H23N3O/c1-12-18(19(23)21-17-11-14-8-9-15(17)10-14)20-13(2)22(12)16-6-4-3-5-7-16/h3-7,14-15,17H,8-11H2,1-2H3,(H,21,23)/t14?,15-,17+/m0/s1. The van der Waals surface area contributed by atoms with Crippen molar-refractivity contribution in [3.05, 3.63) is 47.5 Å². The van der Waals surface area contributed by atoms with Crippen molar-refractivity contribution < 1.29 is 4.79 Å². The van der Waals surface area contributed by atoms with E-state index in [0.29, 0.717) is 17.7 Å². The maximum atomic E-state index is 12.7. The summed E-state index contributed by atoms with van der Waals surface area (Å²) in [6, 6.07) is 10.4. The van der Waals surface area contributed by atoms with Crippen molar-refractivity contribution >= 4 is 5.91 Å². The van der Waals surface area contributed by atoms with Gasteiger partial charge in [-0.15, -0.1) is 0 Å². The Morgan fingerprint density at radius 3 is 2.61 bits per heavy atom. The summed E-state index contributed by atoms with van der Waals surface area (Å²) in [5.41, 5.74) is 2.53. The fraction of sp³-hybridized carbons (Fsp3) is 0.474. The van der Waals surface area contributed by atoms with E-state index >= 15 is 0 Å². The van der Waals surface area contributed by atoms with E-state index in [2.05, 4.69) is 14.9 Å². The van der Waals surface area contributed by atoms with Crippen LogP contribution in [0.3, 0.4) is 0 Å². The summed E-state index contributed by atoms with van der Waals surface area (Å²) < 4.78 is 2.05. The molecule has 2 bridgehead atoms. The van der Waals surface area contributed by atoms with Gasteiger partial charge in [0.15, 0.2) is 0 Å². The number of fused-ring (bicyclic) bond motifs is 2. The number of benzene rings is 1. The van der Waals surface area contributed by atoms with Gasteiger partial charge in [-0.25, -0.2) is 4.98 Å². The fourth-order valence-corrected chi connectivity index (χ4v) is 4.47. The molecule has 120 valence electrons. The predicted octanol–water partition coefficient (Wildman–Crippen LogP) is 3.41. The summed E-state index contributed by atoms with van der Waals surface area (Å²) in [7, 11) is 0. The molecule has 2 aromatic rings. The maximum absolute atomic E-state index is 12.7. The zero-order valence-corrected chi connectivity index (χ0v) is 13.7. The number of rotatable bonds is 3. The second-order valence-corrected chi connectivity index (χ2v) is 7.02. The molecule has 4 heteroatoms. The van der Waals surface area contributed by atoms with Gasteiger partial charge in [-0.3, -0.25) is 4.79 Å². The molecule has 0 saturated heterocycles. The second-order valence-electron chi connectivity index (χ2n) is 7.02. The first-order valence-electron chi connectivity index (χ1n) is 8.55. The molecule has 2 aliphatic carbocycles.